The molecule has 0 aromatic carbocycles. The SMILES string of the molecule is CCc1noc([C@@H]2CCCCN2CC(=O)NCCc2cccs2)n1. The van der Waals surface area contributed by atoms with E-state index in [2.05, 4.69) is 31.8 Å². The fraction of sp³-hybridized carbons (Fsp3) is 0.588. The van der Waals surface area contributed by atoms with Crippen molar-refractivity contribution in [3.05, 3.63) is 34.1 Å². The van der Waals surface area contributed by atoms with Crippen LogP contribution in [0.4, 0.5) is 0 Å². The highest BCUT2D eigenvalue weighted by Crippen LogP contribution is 2.29. The number of nitrogens with zero attached hydrogens (tertiary/aromatic N) is 3. The Morgan fingerprint density at radius 3 is 3.17 bits per heavy atom. The quantitative estimate of drug-likeness (QED) is 0.833. The number of carbonyl (C=O) groups excluding carboxylic acids is 1. The number of hydrogen-bond donors (Lipinski definition) is 1. The molecule has 1 atom stereocenters. The topological polar surface area (TPSA) is 71.3 Å². The number of likely N-dealkylation sites (tertiary alicyclic amines) is 1. The molecule has 6 nitrogen and oxygen atoms in total. The molecule has 0 unspecified atom stereocenters. The number of amides is 1. The molecule has 2 aromatic heterocycles. The van der Waals surface area contributed by atoms with Crippen LogP contribution in [0.3, 0.4) is 0 Å². The van der Waals surface area contributed by atoms with Crippen LogP contribution in [0.2, 0.25) is 0 Å². The molecule has 130 valence electrons. The molecule has 1 aliphatic rings. The summed E-state index contributed by atoms with van der Waals surface area (Å²) in [7, 11) is 0. The summed E-state index contributed by atoms with van der Waals surface area (Å²) in [5.74, 6) is 1.45. The van der Waals surface area contributed by atoms with Crippen LogP contribution >= 0.6 is 11.3 Å². The Morgan fingerprint density at radius 1 is 1.50 bits per heavy atom. The summed E-state index contributed by atoms with van der Waals surface area (Å²) >= 11 is 1.72. The molecular formula is C17H24N4O2S. The Balaban J connectivity index is 1.52. The third-order valence-electron chi connectivity index (χ3n) is 4.32. The number of thiophene rings is 1. The van der Waals surface area contributed by atoms with Crippen LogP contribution in [0, 0.1) is 0 Å². The van der Waals surface area contributed by atoms with Crippen molar-refractivity contribution in [2.45, 2.75) is 45.1 Å². The molecule has 7 heteroatoms. The molecule has 0 bridgehead atoms. The second-order valence-electron chi connectivity index (χ2n) is 6.06. The fourth-order valence-corrected chi connectivity index (χ4v) is 3.74. The largest absolute Gasteiger partial charge is 0.355 e. The van der Waals surface area contributed by atoms with Crippen LogP contribution in [0.15, 0.2) is 22.0 Å². The minimum absolute atomic E-state index is 0.0636. The van der Waals surface area contributed by atoms with Crippen LogP contribution in [-0.2, 0) is 17.6 Å². The number of hydrogen-bond acceptors (Lipinski definition) is 6. The minimum atomic E-state index is 0.0636. The predicted molar refractivity (Wildman–Crippen MR) is 92.9 cm³/mol. The first-order chi connectivity index (χ1) is 11.8. The smallest absolute Gasteiger partial charge is 0.244 e. The Labute approximate surface area is 146 Å². The molecule has 3 rings (SSSR count). The molecule has 1 N–H and O–H groups in total. The van der Waals surface area contributed by atoms with E-state index < -0.39 is 0 Å². The van der Waals surface area contributed by atoms with E-state index in [9.17, 15) is 4.79 Å². The number of piperidine rings is 1. The van der Waals surface area contributed by atoms with Gasteiger partial charge >= 0.3 is 0 Å². The van der Waals surface area contributed by atoms with Crippen LogP contribution in [-0.4, -0.2) is 40.6 Å². The molecule has 1 amide bonds. The van der Waals surface area contributed by atoms with Gasteiger partial charge in [0.2, 0.25) is 11.8 Å². The van der Waals surface area contributed by atoms with Crippen molar-refractivity contribution in [3.8, 4) is 0 Å². The van der Waals surface area contributed by atoms with Gasteiger partial charge in [0.05, 0.1) is 12.6 Å². The lowest BCUT2D eigenvalue weighted by Gasteiger charge is -2.32. The van der Waals surface area contributed by atoms with Gasteiger partial charge in [-0.25, -0.2) is 0 Å². The number of aryl methyl sites for hydroxylation is 1. The van der Waals surface area contributed by atoms with E-state index in [1.54, 1.807) is 11.3 Å². The van der Waals surface area contributed by atoms with Crippen molar-refractivity contribution in [2.24, 2.45) is 0 Å². The van der Waals surface area contributed by atoms with Gasteiger partial charge in [-0.1, -0.05) is 24.6 Å². The van der Waals surface area contributed by atoms with Gasteiger partial charge in [0, 0.05) is 17.8 Å². The zero-order valence-electron chi connectivity index (χ0n) is 14.0. The third kappa shape index (κ3) is 4.42. The highest BCUT2D eigenvalue weighted by Gasteiger charge is 2.29. The maximum Gasteiger partial charge on any atom is 0.244 e. The highest BCUT2D eigenvalue weighted by molar-refractivity contribution is 7.09. The predicted octanol–water partition coefficient (Wildman–Crippen LogP) is 2.58. The monoisotopic (exact) mass is 348 g/mol. The maximum absolute atomic E-state index is 12.3. The molecule has 24 heavy (non-hydrogen) atoms. The van der Waals surface area contributed by atoms with Gasteiger partial charge in [0.15, 0.2) is 5.82 Å². The van der Waals surface area contributed by atoms with Crippen LogP contribution in [0.25, 0.3) is 0 Å². The second-order valence-corrected chi connectivity index (χ2v) is 7.10. The summed E-state index contributed by atoms with van der Waals surface area (Å²) in [6.45, 7) is 3.97. The first kappa shape index (κ1) is 17.1. The number of aromatic nitrogens is 2. The van der Waals surface area contributed by atoms with Crippen molar-refractivity contribution < 1.29 is 9.32 Å². The average molecular weight is 348 g/mol. The Hall–Kier alpha value is -1.73. The molecule has 0 radical (unpaired) electrons. The van der Waals surface area contributed by atoms with Gasteiger partial charge in [0.25, 0.3) is 0 Å². The molecule has 0 aliphatic carbocycles. The molecule has 2 aromatic rings. The number of carbonyl (C=O) groups is 1. The van der Waals surface area contributed by atoms with Gasteiger partial charge in [-0.05, 0) is 37.3 Å². The van der Waals surface area contributed by atoms with E-state index in [0.717, 1.165) is 44.5 Å². The van der Waals surface area contributed by atoms with E-state index in [-0.39, 0.29) is 11.9 Å². The summed E-state index contributed by atoms with van der Waals surface area (Å²) in [5.41, 5.74) is 0. The summed E-state index contributed by atoms with van der Waals surface area (Å²) in [5, 5.41) is 9.07. The van der Waals surface area contributed by atoms with Gasteiger partial charge in [-0.3, -0.25) is 9.69 Å². The summed E-state index contributed by atoms with van der Waals surface area (Å²) in [4.78, 5) is 20.2. The zero-order chi connectivity index (χ0) is 16.8. The number of rotatable bonds is 7. The van der Waals surface area contributed by atoms with Crippen molar-refractivity contribution in [3.63, 3.8) is 0 Å². The van der Waals surface area contributed by atoms with Gasteiger partial charge in [-0.2, -0.15) is 4.98 Å². The lowest BCUT2D eigenvalue weighted by molar-refractivity contribution is -0.123. The minimum Gasteiger partial charge on any atom is -0.355 e. The molecule has 0 spiro atoms. The van der Waals surface area contributed by atoms with Crippen molar-refractivity contribution >= 4 is 17.2 Å². The van der Waals surface area contributed by atoms with Gasteiger partial charge < -0.3 is 9.84 Å². The van der Waals surface area contributed by atoms with E-state index >= 15 is 0 Å². The van der Waals surface area contributed by atoms with E-state index in [1.807, 2.05) is 13.0 Å². The van der Waals surface area contributed by atoms with Crippen LogP contribution in [0.1, 0.15) is 48.8 Å². The Morgan fingerprint density at radius 2 is 2.42 bits per heavy atom. The van der Waals surface area contributed by atoms with E-state index in [4.69, 9.17) is 4.52 Å². The van der Waals surface area contributed by atoms with Gasteiger partial charge in [0.1, 0.15) is 0 Å². The lowest BCUT2D eigenvalue weighted by atomic mass is 10.0. The first-order valence-electron chi connectivity index (χ1n) is 8.62. The fourth-order valence-electron chi connectivity index (χ4n) is 3.03. The van der Waals surface area contributed by atoms with Crippen LogP contribution < -0.4 is 5.32 Å². The van der Waals surface area contributed by atoms with E-state index in [0.29, 0.717) is 19.0 Å². The zero-order valence-corrected chi connectivity index (χ0v) is 14.8. The van der Waals surface area contributed by atoms with Crippen molar-refractivity contribution in [1.82, 2.24) is 20.4 Å². The average Bonchev–Trinajstić information content (AvgIpc) is 3.27. The maximum atomic E-state index is 12.3. The summed E-state index contributed by atoms with van der Waals surface area (Å²) in [6.07, 6.45) is 4.85. The normalized spacial score (nSPS) is 18.6. The highest BCUT2D eigenvalue weighted by atomic mass is 32.1. The third-order valence-corrected chi connectivity index (χ3v) is 5.26. The molecule has 1 saturated heterocycles. The summed E-state index contributed by atoms with van der Waals surface area (Å²) in [6, 6.07) is 4.20. The molecule has 0 saturated carbocycles. The van der Waals surface area contributed by atoms with E-state index in [1.165, 1.54) is 4.88 Å². The standard InChI is InChI=1S/C17H24N4O2S/c1-2-15-19-17(23-20-15)14-7-3-4-10-21(14)12-16(22)18-9-8-13-6-5-11-24-13/h5-6,11,14H,2-4,7-10,12H2,1H3,(H,18,22)/t14-/m0/s1. The molecule has 1 fully saturated rings. The lowest BCUT2D eigenvalue weighted by Crippen LogP contribution is -2.42. The summed E-state index contributed by atoms with van der Waals surface area (Å²) < 4.78 is 5.40. The van der Waals surface area contributed by atoms with Gasteiger partial charge in [-0.15, -0.1) is 11.3 Å². The Kier molecular flexibility index (Phi) is 5.98. The van der Waals surface area contributed by atoms with Crippen LogP contribution in [0.5, 0.6) is 0 Å². The molecule has 3 heterocycles. The number of nitrogens with one attached hydrogen (secondary N) is 1. The first-order valence-corrected chi connectivity index (χ1v) is 9.50. The Bertz CT molecular complexity index is 641. The van der Waals surface area contributed by atoms with Crippen molar-refractivity contribution in [2.75, 3.05) is 19.6 Å². The van der Waals surface area contributed by atoms with Crippen molar-refractivity contribution in [1.29, 1.82) is 0 Å². The second kappa shape index (κ2) is 8.39. The molecule has 1 aliphatic heterocycles. The molecular weight excluding hydrogens is 324 g/mol.